The molecule has 1 saturated heterocycles. The number of benzene rings is 1. The highest BCUT2D eigenvalue weighted by Gasteiger charge is 2.30. The normalized spacial score (nSPS) is 18.5. The van der Waals surface area contributed by atoms with Gasteiger partial charge in [0.2, 0.25) is 0 Å². The Balaban J connectivity index is 1.67. The van der Waals surface area contributed by atoms with Gasteiger partial charge in [0, 0.05) is 30.8 Å². The van der Waals surface area contributed by atoms with E-state index in [4.69, 9.17) is 9.84 Å². The number of aliphatic hydroxyl groups excluding tert-OH is 1. The first-order valence-electron chi connectivity index (χ1n) is 9.20. The zero-order chi connectivity index (χ0) is 18.5. The summed E-state index contributed by atoms with van der Waals surface area (Å²) in [5.41, 5.74) is 4.09. The van der Waals surface area contributed by atoms with Crippen LogP contribution in [0.2, 0.25) is 0 Å². The van der Waals surface area contributed by atoms with Gasteiger partial charge in [-0.2, -0.15) is 0 Å². The van der Waals surface area contributed by atoms with Crippen molar-refractivity contribution in [3.63, 3.8) is 0 Å². The summed E-state index contributed by atoms with van der Waals surface area (Å²) in [4.78, 5) is 18.7. The SMILES string of the molecule is Cc1cccc(-c2ccc(C(C)N3CCC(CCCO)OC3=O)cc2)n1. The van der Waals surface area contributed by atoms with Crippen LogP contribution in [0.1, 0.15) is 43.5 Å². The number of carbonyl (C=O) groups excluding carboxylic acids is 1. The van der Waals surface area contributed by atoms with Crippen LogP contribution < -0.4 is 0 Å². The van der Waals surface area contributed by atoms with Crippen molar-refractivity contribution in [3.8, 4) is 11.3 Å². The van der Waals surface area contributed by atoms with Crippen LogP contribution in [-0.4, -0.2) is 40.3 Å². The monoisotopic (exact) mass is 354 g/mol. The van der Waals surface area contributed by atoms with Gasteiger partial charge in [0.05, 0.1) is 11.7 Å². The molecule has 5 heteroatoms. The molecular formula is C21H26N2O3. The summed E-state index contributed by atoms with van der Waals surface area (Å²) in [5.74, 6) is 0. The Bertz CT molecular complexity index is 745. The van der Waals surface area contributed by atoms with Gasteiger partial charge in [0.15, 0.2) is 0 Å². The number of hydrogen-bond donors (Lipinski definition) is 1. The Hall–Kier alpha value is -2.40. The molecule has 1 aromatic carbocycles. The quantitative estimate of drug-likeness (QED) is 0.848. The molecule has 3 rings (SSSR count). The van der Waals surface area contributed by atoms with E-state index in [1.165, 1.54) is 0 Å². The van der Waals surface area contributed by atoms with Crippen molar-refractivity contribution in [2.75, 3.05) is 13.2 Å². The number of hydrogen-bond acceptors (Lipinski definition) is 4. The van der Waals surface area contributed by atoms with Crippen molar-refractivity contribution < 1.29 is 14.6 Å². The molecule has 1 aliphatic rings. The van der Waals surface area contributed by atoms with Crippen LogP contribution in [0.15, 0.2) is 42.5 Å². The molecule has 2 aromatic rings. The van der Waals surface area contributed by atoms with Gasteiger partial charge in [-0.15, -0.1) is 0 Å². The second-order valence-corrected chi connectivity index (χ2v) is 6.82. The first-order valence-corrected chi connectivity index (χ1v) is 9.20. The topological polar surface area (TPSA) is 62.7 Å². The van der Waals surface area contributed by atoms with E-state index in [2.05, 4.69) is 17.1 Å². The minimum atomic E-state index is -0.267. The Morgan fingerprint density at radius 1 is 1.27 bits per heavy atom. The number of pyridine rings is 1. The van der Waals surface area contributed by atoms with Crippen LogP contribution in [0.25, 0.3) is 11.3 Å². The Morgan fingerprint density at radius 3 is 2.69 bits per heavy atom. The molecule has 2 atom stereocenters. The maximum absolute atomic E-state index is 12.3. The Morgan fingerprint density at radius 2 is 2.04 bits per heavy atom. The number of aromatic nitrogens is 1. The molecule has 2 unspecified atom stereocenters. The minimum Gasteiger partial charge on any atom is -0.446 e. The standard InChI is InChI=1S/C21H26N2O3/c1-15-5-3-7-20(22-15)18-10-8-17(9-11-18)16(2)23-13-12-19(6-4-14-24)26-21(23)25/h3,5,7-11,16,19,24H,4,6,12-14H2,1-2H3. The highest BCUT2D eigenvalue weighted by molar-refractivity contribution is 5.69. The lowest BCUT2D eigenvalue weighted by Crippen LogP contribution is -2.43. The second kappa shape index (κ2) is 8.32. The maximum atomic E-state index is 12.3. The van der Waals surface area contributed by atoms with E-state index in [9.17, 15) is 4.79 Å². The van der Waals surface area contributed by atoms with Crippen molar-refractivity contribution in [1.29, 1.82) is 0 Å². The molecule has 138 valence electrons. The van der Waals surface area contributed by atoms with E-state index in [0.717, 1.165) is 35.4 Å². The summed E-state index contributed by atoms with van der Waals surface area (Å²) in [7, 11) is 0. The molecule has 2 heterocycles. The van der Waals surface area contributed by atoms with Gasteiger partial charge in [-0.1, -0.05) is 30.3 Å². The number of carbonyl (C=O) groups is 1. The van der Waals surface area contributed by atoms with E-state index in [-0.39, 0.29) is 24.8 Å². The third-order valence-corrected chi connectivity index (χ3v) is 4.92. The fourth-order valence-electron chi connectivity index (χ4n) is 3.33. The smallest absolute Gasteiger partial charge is 0.410 e. The summed E-state index contributed by atoms with van der Waals surface area (Å²) in [6.45, 7) is 4.82. The van der Waals surface area contributed by atoms with E-state index in [1.807, 2.05) is 44.2 Å². The molecule has 0 bridgehead atoms. The van der Waals surface area contributed by atoms with Crippen LogP contribution in [0.4, 0.5) is 4.79 Å². The molecule has 1 aromatic heterocycles. The largest absolute Gasteiger partial charge is 0.446 e. The second-order valence-electron chi connectivity index (χ2n) is 6.82. The van der Waals surface area contributed by atoms with Crippen molar-refractivity contribution in [1.82, 2.24) is 9.88 Å². The summed E-state index contributed by atoms with van der Waals surface area (Å²) < 4.78 is 5.52. The molecule has 0 radical (unpaired) electrons. The predicted octanol–water partition coefficient (Wildman–Crippen LogP) is 4.10. The molecule has 0 aliphatic carbocycles. The van der Waals surface area contributed by atoms with Crippen molar-refractivity contribution >= 4 is 6.09 Å². The van der Waals surface area contributed by atoms with Crippen LogP contribution in [0, 0.1) is 6.92 Å². The van der Waals surface area contributed by atoms with Crippen LogP contribution >= 0.6 is 0 Å². The number of cyclic esters (lactones) is 1. The van der Waals surface area contributed by atoms with Gasteiger partial charge in [0.1, 0.15) is 6.10 Å². The Kier molecular flexibility index (Phi) is 5.89. The number of rotatable bonds is 6. The molecule has 1 N–H and O–H groups in total. The van der Waals surface area contributed by atoms with Gasteiger partial charge < -0.3 is 14.7 Å². The Labute approximate surface area is 154 Å². The number of amides is 1. The molecule has 1 amide bonds. The summed E-state index contributed by atoms with van der Waals surface area (Å²) in [6, 6.07) is 14.1. The highest BCUT2D eigenvalue weighted by Crippen LogP contribution is 2.28. The van der Waals surface area contributed by atoms with Gasteiger partial charge >= 0.3 is 6.09 Å². The van der Waals surface area contributed by atoms with E-state index in [0.29, 0.717) is 13.0 Å². The third-order valence-electron chi connectivity index (χ3n) is 4.92. The molecule has 5 nitrogen and oxygen atoms in total. The number of ether oxygens (including phenoxy) is 1. The van der Waals surface area contributed by atoms with Gasteiger partial charge in [-0.25, -0.2) is 4.79 Å². The summed E-state index contributed by atoms with van der Waals surface area (Å²) in [5, 5.41) is 8.92. The number of nitrogens with zero attached hydrogens (tertiary/aromatic N) is 2. The number of aliphatic hydroxyl groups is 1. The van der Waals surface area contributed by atoms with Crippen molar-refractivity contribution in [2.45, 2.75) is 45.3 Å². The fourth-order valence-corrected chi connectivity index (χ4v) is 3.33. The van der Waals surface area contributed by atoms with E-state index < -0.39 is 0 Å². The number of aryl methyl sites for hydroxylation is 1. The average Bonchev–Trinajstić information content (AvgIpc) is 2.66. The van der Waals surface area contributed by atoms with Crippen LogP contribution in [0.3, 0.4) is 0 Å². The molecule has 1 aliphatic heterocycles. The van der Waals surface area contributed by atoms with Gasteiger partial charge in [-0.05, 0) is 44.4 Å². The fraction of sp³-hybridized carbons (Fsp3) is 0.429. The third kappa shape index (κ3) is 4.22. The molecular weight excluding hydrogens is 328 g/mol. The first kappa shape index (κ1) is 18.4. The van der Waals surface area contributed by atoms with Gasteiger partial charge in [0.25, 0.3) is 0 Å². The molecule has 0 spiro atoms. The highest BCUT2D eigenvalue weighted by atomic mass is 16.6. The molecule has 26 heavy (non-hydrogen) atoms. The lowest BCUT2D eigenvalue weighted by molar-refractivity contribution is 0.00760. The van der Waals surface area contributed by atoms with Gasteiger partial charge in [-0.3, -0.25) is 4.98 Å². The zero-order valence-corrected chi connectivity index (χ0v) is 15.4. The molecule has 1 fully saturated rings. The van der Waals surface area contributed by atoms with E-state index >= 15 is 0 Å². The van der Waals surface area contributed by atoms with Crippen LogP contribution in [-0.2, 0) is 4.74 Å². The lowest BCUT2D eigenvalue weighted by Gasteiger charge is -2.35. The average molecular weight is 354 g/mol. The minimum absolute atomic E-state index is 0.0409. The van der Waals surface area contributed by atoms with Crippen molar-refractivity contribution in [2.24, 2.45) is 0 Å². The molecule has 0 saturated carbocycles. The zero-order valence-electron chi connectivity index (χ0n) is 15.4. The lowest BCUT2D eigenvalue weighted by atomic mass is 10.0. The first-order chi connectivity index (χ1) is 12.6. The van der Waals surface area contributed by atoms with Crippen LogP contribution in [0.5, 0.6) is 0 Å². The van der Waals surface area contributed by atoms with E-state index in [1.54, 1.807) is 4.90 Å². The maximum Gasteiger partial charge on any atom is 0.410 e. The summed E-state index contributed by atoms with van der Waals surface area (Å²) >= 11 is 0. The van der Waals surface area contributed by atoms with Crippen molar-refractivity contribution in [3.05, 3.63) is 53.7 Å². The predicted molar refractivity (Wildman–Crippen MR) is 101 cm³/mol. The summed E-state index contributed by atoms with van der Waals surface area (Å²) in [6.07, 6.45) is 1.86.